The highest BCUT2D eigenvalue weighted by Gasteiger charge is 2.41. The van der Waals surface area contributed by atoms with Gasteiger partial charge in [-0.1, -0.05) is 12.2 Å². The first-order chi connectivity index (χ1) is 9.04. The van der Waals surface area contributed by atoms with E-state index in [1.165, 1.54) is 0 Å². The van der Waals surface area contributed by atoms with Crippen molar-refractivity contribution >= 4 is 5.97 Å². The number of hydrogen-bond acceptors (Lipinski definition) is 4. The summed E-state index contributed by atoms with van der Waals surface area (Å²) in [5, 5.41) is 11.2. The Morgan fingerprint density at radius 3 is 2.89 bits per heavy atom. The Kier molecular flexibility index (Phi) is 4.39. The zero-order valence-electron chi connectivity index (χ0n) is 11.6. The largest absolute Gasteiger partial charge is 0.480 e. The van der Waals surface area contributed by atoms with Crippen LogP contribution in [0.15, 0.2) is 24.3 Å². The van der Waals surface area contributed by atoms with Gasteiger partial charge in [-0.15, -0.1) is 6.58 Å². The molecule has 1 fully saturated rings. The van der Waals surface area contributed by atoms with E-state index in [9.17, 15) is 9.90 Å². The Balaban J connectivity index is 2.14. The lowest BCUT2D eigenvalue weighted by atomic mass is 9.94. The van der Waals surface area contributed by atoms with Crippen LogP contribution in [0, 0.1) is 5.92 Å². The van der Waals surface area contributed by atoms with Gasteiger partial charge in [0.1, 0.15) is 6.04 Å². The molecule has 0 saturated heterocycles. The van der Waals surface area contributed by atoms with Gasteiger partial charge < -0.3 is 5.11 Å². The van der Waals surface area contributed by atoms with E-state index in [4.69, 9.17) is 4.84 Å². The van der Waals surface area contributed by atoms with Crippen LogP contribution in [0.25, 0.3) is 0 Å². The molecule has 0 spiro atoms. The number of aliphatic carboxylic acids is 1. The third-order valence-electron chi connectivity index (χ3n) is 3.76. The predicted molar refractivity (Wildman–Crippen MR) is 72.6 cm³/mol. The fourth-order valence-electron chi connectivity index (χ4n) is 2.61. The van der Waals surface area contributed by atoms with Crippen LogP contribution in [0.2, 0.25) is 0 Å². The van der Waals surface area contributed by atoms with Crippen LogP contribution in [0.1, 0.15) is 12.8 Å². The third-order valence-corrected chi connectivity index (χ3v) is 3.76. The van der Waals surface area contributed by atoms with Gasteiger partial charge in [-0.05, 0) is 31.4 Å². The van der Waals surface area contributed by atoms with E-state index in [0.29, 0.717) is 19.1 Å². The van der Waals surface area contributed by atoms with Gasteiger partial charge in [-0.2, -0.15) is 5.06 Å². The molecular formula is C14H22N2O3. The molecule has 19 heavy (non-hydrogen) atoms. The van der Waals surface area contributed by atoms with Crippen molar-refractivity contribution in [2.75, 3.05) is 27.2 Å². The second kappa shape index (κ2) is 5.86. The monoisotopic (exact) mass is 266 g/mol. The number of likely N-dealkylation sites (N-methyl/N-ethyl adjacent to an activating group) is 2. The lowest BCUT2D eigenvalue weighted by Gasteiger charge is -2.38. The van der Waals surface area contributed by atoms with Crippen molar-refractivity contribution in [3.05, 3.63) is 24.3 Å². The highest BCUT2D eigenvalue weighted by Crippen LogP contribution is 2.41. The lowest BCUT2D eigenvalue weighted by molar-refractivity contribution is -0.157. The highest BCUT2D eigenvalue weighted by molar-refractivity contribution is 5.78. The lowest BCUT2D eigenvalue weighted by Crippen LogP contribution is -2.51. The molecule has 2 atom stereocenters. The maximum atomic E-state index is 11.4. The molecule has 0 aromatic rings. The number of hydroxylamine groups is 2. The molecule has 5 heteroatoms. The van der Waals surface area contributed by atoms with Crippen molar-refractivity contribution in [3.8, 4) is 0 Å². The molecule has 1 aliphatic carbocycles. The Bertz CT molecular complexity index is 390. The standard InChI is InChI=1S/C14H22N2O3/c1-4-7-19-16(3)11-8-12(10-5-6-10)13(14(17)18)15(2)9-11/h4,8,10-11,13H,1,5-7,9H2,2-3H3,(H,17,18)/t11-,13+/m1/s1. The van der Waals surface area contributed by atoms with E-state index in [2.05, 4.69) is 12.7 Å². The van der Waals surface area contributed by atoms with Crippen molar-refractivity contribution < 1.29 is 14.7 Å². The Labute approximate surface area is 114 Å². The van der Waals surface area contributed by atoms with E-state index < -0.39 is 12.0 Å². The minimum Gasteiger partial charge on any atom is -0.480 e. The Hall–Kier alpha value is -1.17. The third kappa shape index (κ3) is 3.23. The molecule has 1 aliphatic heterocycles. The second-order valence-electron chi connectivity index (χ2n) is 5.32. The summed E-state index contributed by atoms with van der Waals surface area (Å²) in [6.07, 6.45) is 5.99. The van der Waals surface area contributed by atoms with Crippen LogP contribution < -0.4 is 0 Å². The van der Waals surface area contributed by atoms with Crippen molar-refractivity contribution in [3.63, 3.8) is 0 Å². The molecule has 0 aromatic heterocycles. The van der Waals surface area contributed by atoms with Gasteiger partial charge in [0.2, 0.25) is 0 Å². The van der Waals surface area contributed by atoms with Crippen molar-refractivity contribution in [1.29, 1.82) is 0 Å². The minimum atomic E-state index is -0.756. The van der Waals surface area contributed by atoms with Crippen molar-refractivity contribution in [1.82, 2.24) is 9.96 Å². The molecule has 106 valence electrons. The molecule has 0 aromatic carbocycles. The number of carboxylic acids is 1. The average Bonchev–Trinajstić information content (AvgIpc) is 3.18. The number of nitrogens with zero attached hydrogens (tertiary/aromatic N) is 2. The smallest absolute Gasteiger partial charge is 0.325 e. The number of hydrogen-bond donors (Lipinski definition) is 1. The molecule has 5 nitrogen and oxygen atoms in total. The zero-order valence-corrected chi connectivity index (χ0v) is 11.6. The van der Waals surface area contributed by atoms with Gasteiger partial charge >= 0.3 is 5.97 Å². The normalized spacial score (nSPS) is 28.3. The molecule has 0 amide bonds. The molecule has 1 saturated carbocycles. The summed E-state index contributed by atoms with van der Waals surface area (Å²) in [5.41, 5.74) is 1.04. The van der Waals surface area contributed by atoms with E-state index in [-0.39, 0.29) is 6.04 Å². The SMILES string of the molecule is C=CCON(C)[C@@H]1C=C(C2CC2)[C@@H](C(=O)O)N(C)C1. The molecule has 1 N–H and O–H groups in total. The van der Waals surface area contributed by atoms with Crippen LogP contribution in [0.4, 0.5) is 0 Å². The summed E-state index contributed by atoms with van der Waals surface area (Å²) in [6, 6.07) is -0.382. The van der Waals surface area contributed by atoms with Crippen molar-refractivity contribution in [2.24, 2.45) is 5.92 Å². The molecule has 0 unspecified atom stereocenters. The fraction of sp³-hybridized carbons (Fsp3) is 0.643. The van der Waals surface area contributed by atoms with Crippen LogP contribution >= 0.6 is 0 Å². The summed E-state index contributed by atoms with van der Waals surface area (Å²) in [7, 11) is 3.74. The van der Waals surface area contributed by atoms with Gasteiger partial charge in [-0.3, -0.25) is 14.5 Å². The molecule has 1 heterocycles. The number of carboxylic acid groups (broad SMARTS) is 1. The summed E-state index contributed by atoms with van der Waals surface area (Å²) in [5.74, 6) is -0.312. The summed E-state index contributed by atoms with van der Waals surface area (Å²) >= 11 is 0. The van der Waals surface area contributed by atoms with E-state index in [1.807, 2.05) is 19.0 Å². The predicted octanol–water partition coefficient (Wildman–Crippen LogP) is 1.14. The minimum absolute atomic E-state index is 0.0937. The topological polar surface area (TPSA) is 53.0 Å². The van der Waals surface area contributed by atoms with Crippen LogP contribution in [-0.4, -0.2) is 60.4 Å². The summed E-state index contributed by atoms with van der Waals surface area (Å²) in [6.45, 7) is 4.74. The van der Waals surface area contributed by atoms with Gasteiger partial charge in [0.15, 0.2) is 0 Å². The molecule has 2 aliphatic rings. The number of carbonyl (C=O) groups is 1. The molecular weight excluding hydrogens is 244 g/mol. The number of rotatable bonds is 6. The Morgan fingerprint density at radius 1 is 1.68 bits per heavy atom. The summed E-state index contributed by atoms with van der Waals surface area (Å²) < 4.78 is 0. The first kappa shape index (κ1) is 14.2. The van der Waals surface area contributed by atoms with Gasteiger partial charge in [-0.25, -0.2) is 0 Å². The Morgan fingerprint density at radius 2 is 2.37 bits per heavy atom. The average molecular weight is 266 g/mol. The van der Waals surface area contributed by atoms with Gasteiger partial charge in [0, 0.05) is 13.6 Å². The quantitative estimate of drug-likeness (QED) is 0.577. The molecule has 2 rings (SSSR count). The zero-order chi connectivity index (χ0) is 14.0. The fourth-order valence-corrected chi connectivity index (χ4v) is 2.61. The van der Waals surface area contributed by atoms with E-state index in [1.54, 1.807) is 11.1 Å². The second-order valence-corrected chi connectivity index (χ2v) is 5.32. The van der Waals surface area contributed by atoms with Crippen molar-refractivity contribution in [2.45, 2.75) is 24.9 Å². The molecule has 0 bridgehead atoms. The van der Waals surface area contributed by atoms with E-state index in [0.717, 1.165) is 18.4 Å². The van der Waals surface area contributed by atoms with Gasteiger partial charge in [0.25, 0.3) is 0 Å². The van der Waals surface area contributed by atoms with Gasteiger partial charge in [0.05, 0.1) is 12.6 Å². The highest BCUT2D eigenvalue weighted by atomic mass is 16.7. The molecule has 0 radical (unpaired) electrons. The maximum absolute atomic E-state index is 11.4. The maximum Gasteiger partial charge on any atom is 0.325 e. The van der Waals surface area contributed by atoms with Crippen LogP contribution in [0.5, 0.6) is 0 Å². The first-order valence-corrected chi connectivity index (χ1v) is 6.66. The van der Waals surface area contributed by atoms with Crippen LogP contribution in [-0.2, 0) is 9.63 Å². The van der Waals surface area contributed by atoms with Crippen LogP contribution in [0.3, 0.4) is 0 Å². The summed E-state index contributed by atoms with van der Waals surface area (Å²) in [4.78, 5) is 18.8. The van der Waals surface area contributed by atoms with E-state index >= 15 is 0 Å². The first-order valence-electron chi connectivity index (χ1n) is 6.66.